The number of allylic oxidation sites excluding steroid dienone is 1. The third kappa shape index (κ3) is 1.72. The summed E-state index contributed by atoms with van der Waals surface area (Å²) in [5.41, 5.74) is 1.41. The van der Waals surface area contributed by atoms with Crippen LogP contribution in [0.2, 0.25) is 0 Å². The zero-order valence-corrected chi connectivity index (χ0v) is 10.4. The van der Waals surface area contributed by atoms with Crippen LogP contribution in [-0.4, -0.2) is 13.4 Å². The largest absolute Gasteiger partial charge is 0.256 e. The molecule has 3 rings (SSSR count). The van der Waals surface area contributed by atoms with E-state index in [1.807, 2.05) is 30.3 Å². The Morgan fingerprint density at radius 2 is 2.06 bits per heavy atom. The minimum absolute atomic E-state index is 0.404. The highest BCUT2D eigenvalue weighted by atomic mass is 32.2. The molecule has 0 amide bonds. The number of aromatic nitrogens is 1. The molecule has 1 aliphatic rings. The second kappa shape index (κ2) is 3.90. The lowest BCUT2D eigenvalue weighted by Gasteiger charge is -2.21. The standard InChI is InChI=1S/C13H12N2O2S/c14-18(16,17)12-7-3-6-11-13(12)10-5-2-1-4-9(10)8-15-11/h1-6,8,12H,7H2,(H2,14,16,17). The first kappa shape index (κ1) is 11.4. The predicted molar refractivity (Wildman–Crippen MR) is 71.2 cm³/mol. The smallest absolute Gasteiger partial charge is 0.216 e. The van der Waals surface area contributed by atoms with Crippen LogP contribution in [0.5, 0.6) is 0 Å². The minimum Gasteiger partial charge on any atom is -0.256 e. The third-order valence-corrected chi connectivity index (χ3v) is 4.44. The van der Waals surface area contributed by atoms with E-state index in [0.29, 0.717) is 12.1 Å². The van der Waals surface area contributed by atoms with Gasteiger partial charge in [-0.3, -0.25) is 4.98 Å². The quantitative estimate of drug-likeness (QED) is 0.852. The molecule has 2 aromatic rings. The fourth-order valence-electron chi connectivity index (χ4n) is 2.39. The summed E-state index contributed by atoms with van der Waals surface area (Å²) in [5.74, 6) is 0. The Morgan fingerprint density at radius 1 is 1.28 bits per heavy atom. The van der Waals surface area contributed by atoms with Gasteiger partial charge >= 0.3 is 0 Å². The van der Waals surface area contributed by atoms with Gasteiger partial charge in [0.1, 0.15) is 5.25 Å². The summed E-state index contributed by atoms with van der Waals surface area (Å²) >= 11 is 0. The van der Waals surface area contributed by atoms with Gasteiger partial charge < -0.3 is 0 Å². The van der Waals surface area contributed by atoms with Crippen LogP contribution in [-0.2, 0) is 10.0 Å². The maximum absolute atomic E-state index is 11.7. The van der Waals surface area contributed by atoms with E-state index in [1.165, 1.54) is 0 Å². The van der Waals surface area contributed by atoms with Gasteiger partial charge in [0.15, 0.2) is 0 Å². The zero-order valence-electron chi connectivity index (χ0n) is 9.58. The highest BCUT2D eigenvalue weighted by molar-refractivity contribution is 7.89. The molecule has 1 atom stereocenters. The van der Waals surface area contributed by atoms with Crippen LogP contribution in [0.25, 0.3) is 16.8 Å². The molecular formula is C13H12N2O2S. The number of hydrogen-bond donors (Lipinski definition) is 1. The lowest BCUT2D eigenvalue weighted by atomic mass is 9.96. The van der Waals surface area contributed by atoms with E-state index in [-0.39, 0.29) is 0 Å². The molecule has 0 saturated heterocycles. The van der Waals surface area contributed by atoms with E-state index in [0.717, 1.165) is 16.3 Å². The first-order chi connectivity index (χ1) is 8.57. The number of sulfonamides is 1. The van der Waals surface area contributed by atoms with Crippen molar-refractivity contribution >= 4 is 26.9 Å². The Bertz CT molecular complexity index is 751. The number of fused-ring (bicyclic) bond motifs is 3. The van der Waals surface area contributed by atoms with Gasteiger partial charge in [-0.25, -0.2) is 13.6 Å². The molecule has 1 aromatic carbocycles. The highest BCUT2D eigenvalue weighted by Crippen LogP contribution is 2.36. The summed E-state index contributed by atoms with van der Waals surface area (Å²) in [6.45, 7) is 0. The average molecular weight is 260 g/mol. The molecule has 4 nitrogen and oxygen atoms in total. The summed E-state index contributed by atoms with van der Waals surface area (Å²) in [7, 11) is -3.62. The Kier molecular flexibility index (Phi) is 2.46. The van der Waals surface area contributed by atoms with Crippen molar-refractivity contribution in [2.45, 2.75) is 11.7 Å². The van der Waals surface area contributed by atoms with Crippen molar-refractivity contribution in [1.29, 1.82) is 0 Å². The van der Waals surface area contributed by atoms with Crippen molar-refractivity contribution in [2.75, 3.05) is 0 Å². The van der Waals surface area contributed by atoms with E-state index in [4.69, 9.17) is 5.14 Å². The number of benzene rings is 1. The van der Waals surface area contributed by atoms with Crippen LogP contribution in [0.15, 0.2) is 36.5 Å². The van der Waals surface area contributed by atoms with Crippen molar-refractivity contribution in [3.8, 4) is 0 Å². The Balaban J connectivity index is 2.39. The topological polar surface area (TPSA) is 73.1 Å². The summed E-state index contributed by atoms with van der Waals surface area (Å²) in [6.07, 6.45) is 5.81. The van der Waals surface area contributed by atoms with E-state index in [9.17, 15) is 8.42 Å². The Hall–Kier alpha value is -1.72. The van der Waals surface area contributed by atoms with Crippen molar-refractivity contribution in [3.63, 3.8) is 0 Å². The van der Waals surface area contributed by atoms with Crippen LogP contribution in [0.4, 0.5) is 0 Å². The van der Waals surface area contributed by atoms with Crippen LogP contribution in [0.3, 0.4) is 0 Å². The van der Waals surface area contributed by atoms with Gasteiger partial charge in [-0.2, -0.15) is 0 Å². The maximum Gasteiger partial charge on any atom is 0.216 e. The Labute approximate surface area is 105 Å². The molecule has 0 bridgehead atoms. The van der Waals surface area contributed by atoms with Gasteiger partial charge in [0, 0.05) is 17.1 Å². The molecule has 1 aromatic heterocycles. The SMILES string of the molecule is NS(=O)(=O)C1CC=Cc2ncc3ccccc3c21. The molecule has 0 fully saturated rings. The monoisotopic (exact) mass is 260 g/mol. The molecule has 0 saturated carbocycles. The zero-order chi connectivity index (χ0) is 12.8. The maximum atomic E-state index is 11.7. The van der Waals surface area contributed by atoms with E-state index >= 15 is 0 Å². The summed E-state index contributed by atoms with van der Waals surface area (Å²) in [6, 6.07) is 7.62. The first-order valence-electron chi connectivity index (χ1n) is 5.63. The third-order valence-electron chi connectivity index (χ3n) is 3.21. The molecule has 1 aliphatic carbocycles. The van der Waals surface area contributed by atoms with Crippen molar-refractivity contribution in [1.82, 2.24) is 4.98 Å². The predicted octanol–water partition coefficient (Wildman–Crippen LogP) is 1.98. The summed E-state index contributed by atoms with van der Waals surface area (Å²) in [5, 5.41) is 6.47. The van der Waals surface area contributed by atoms with Crippen molar-refractivity contribution in [2.24, 2.45) is 5.14 Å². The van der Waals surface area contributed by atoms with Gasteiger partial charge in [-0.15, -0.1) is 0 Å². The number of primary sulfonamides is 1. The normalized spacial score (nSPS) is 18.8. The number of nitrogens with two attached hydrogens (primary N) is 1. The molecule has 0 radical (unpaired) electrons. The molecule has 0 aliphatic heterocycles. The first-order valence-corrected chi connectivity index (χ1v) is 7.24. The van der Waals surface area contributed by atoms with Crippen LogP contribution in [0, 0.1) is 0 Å². The highest BCUT2D eigenvalue weighted by Gasteiger charge is 2.29. The van der Waals surface area contributed by atoms with Gasteiger partial charge in [0.05, 0.1) is 5.69 Å². The minimum atomic E-state index is -3.62. The molecule has 1 unspecified atom stereocenters. The van der Waals surface area contributed by atoms with Crippen molar-refractivity contribution in [3.05, 3.63) is 47.8 Å². The summed E-state index contributed by atoms with van der Waals surface area (Å²) < 4.78 is 23.4. The van der Waals surface area contributed by atoms with E-state index in [2.05, 4.69) is 4.98 Å². The fraction of sp³-hybridized carbons (Fsp3) is 0.154. The van der Waals surface area contributed by atoms with Crippen LogP contribution < -0.4 is 5.14 Å². The van der Waals surface area contributed by atoms with E-state index < -0.39 is 15.3 Å². The van der Waals surface area contributed by atoms with Gasteiger partial charge in [0.25, 0.3) is 0 Å². The van der Waals surface area contributed by atoms with Crippen molar-refractivity contribution < 1.29 is 8.42 Å². The van der Waals surface area contributed by atoms with E-state index in [1.54, 1.807) is 12.3 Å². The van der Waals surface area contributed by atoms with Gasteiger partial charge in [-0.05, 0) is 17.9 Å². The van der Waals surface area contributed by atoms with Crippen LogP contribution >= 0.6 is 0 Å². The number of nitrogens with zero attached hydrogens (tertiary/aromatic N) is 1. The number of pyridine rings is 1. The lowest BCUT2D eigenvalue weighted by molar-refractivity contribution is 0.583. The molecule has 2 N–H and O–H groups in total. The fourth-order valence-corrected chi connectivity index (χ4v) is 3.35. The molecular weight excluding hydrogens is 248 g/mol. The Morgan fingerprint density at radius 3 is 2.83 bits per heavy atom. The number of rotatable bonds is 1. The van der Waals surface area contributed by atoms with Gasteiger partial charge in [0.2, 0.25) is 10.0 Å². The molecule has 5 heteroatoms. The van der Waals surface area contributed by atoms with Crippen LogP contribution in [0.1, 0.15) is 22.9 Å². The molecule has 18 heavy (non-hydrogen) atoms. The lowest BCUT2D eigenvalue weighted by Crippen LogP contribution is -2.23. The number of hydrogen-bond acceptors (Lipinski definition) is 3. The van der Waals surface area contributed by atoms with Gasteiger partial charge in [-0.1, -0.05) is 30.3 Å². The molecule has 1 heterocycles. The molecule has 0 spiro atoms. The average Bonchev–Trinajstić information content (AvgIpc) is 2.36. The summed E-state index contributed by atoms with van der Waals surface area (Å²) in [4.78, 5) is 4.30. The second-order valence-electron chi connectivity index (χ2n) is 4.36. The second-order valence-corrected chi connectivity index (χ2v) is 6.11. The molecule has 92 valence electrons.